The molecule has 286 valence electrons. The second-order valence-corrected chi connectivity index (χ2v) is 12.1. The fraction of sp³-hybridized carbons (Fsp3) is 0.447. The number of rotatable bonds is 17. The molecule has 52 heavy (non-hydrogen) atoms. The van der Waals surface area contributed by atoms with Crippen molar-refractivity contribution in [3.63, 3.8) is 0 Å². The molecule has 0 unspecified atom stereocenters. The van der Waals surface area contributed by atoms with Crippen LogP contribution in [0, 0.1) is 17.0 Å². The number of carbonyl (C=O) groups excluding carboxylic acids is 3. The number of hydrogen-bond acceptors (Lipinski definition) is 11. The zero-order valence-corrected chi connectivity index (χ0v) is 32.4. The molecule has 0 bridgehead atoms. The number of aldehydes is 1. The van der Waals surface area contributed by atoms with Gasteiger partial charge in [0, 0.05) is 44.5 Å². The van der Waals surface area contributed by atoms with E-state index in [9.17, 15) is 24.5 Å². The number of anilines is 4. The molecule has 0 aromatic heterocycles. The number of nitro benzene ring substituents is 1. The van der Waals surface area contributed by atoms with Crippen molar-refractivity contribution in [2.75, 3.05) is 35.9 Å². The third-order valence-corrected chi connectivity index (χ3v) is 7.87. The number of methoxy groups -OCH3 is 1. The molecule has 0 saturated carbocycles. The van der Waals surface area contributed by atoms with Gasteiger partial charge in [-0.3, -0.25) is 25.8 Å². The van der Waals surface area contributed by atoms with Gasteiger partial charge in [0.2, 0.25) is 0 Å². The van der Waals surface area contributed by atoms with Gasteiger partial charge < -0.3 is 25.2 Å². The summed E-state index contributed by atoms with van der Waals surface area (Å²) in [5.74, 6) is -0.172. The van der Waals surface area contributed by atoms with Crippen LogP contribution in [0.25, 0.3) is 0 Å². The van der Waals surface area contributed by atoms with Gasteiger partial charge in [-0.15, -0.1) is 0 Å². The second kappa shape index (κ2) is 25.0. The Hall–Kier alpha value is -5.04. The van der Waals surface area contributed by atoms with Crippen molar-refractivity contribution >= 4 is 58.2 Å². The van der Waals surface area contributed by atoms with E-state index in [1.165, 1.54) is 37.6 Å². The van der Waals surface area contributed by atoms with E-state index in [-0.39, 0.29) is 29.5 Å². The summed E-state index contributed by atoms with van der Waals surface area (Å²) in [7, 11) is 2.97. The first-order valence-electron chi connectivity index (χ1n) is 17.6. The number of amides is 1. The molecular formula is C38H55ClN6O7. The number of non-ortho nitro benzene ring substituents is 1. The summed E-state index contributed by atoms with van der Waals surface area (Å²) in [6, 6.07) is 14.8. The first-order chi connectivity index (χ1) is 24.9. The summed E-state index contributed by atoms with van der Waals surface area (Å²) in [5, 5.41) is 12.3. The van der Waals surface area contributed by atoms with Crippen LogP contribution in [0.4, 0.5) is 28.4 Å². The molecule has 13 nitrogen and oxygen atoms in total. The maximum absolute atomic E-state index is 11.2. The number of ether oxygens (including phenoxy) is 1. The summed E-state index contributed by atoms with van der Waals surface area (Å²) in [6.07, 6.45) is 6.83. The molecule has 0 heterocycles. The Balaban J connectivity index is 0.000000594. The van der Waals surface area contributed by atoms with E-state index in [1.807, 2.05) is 57.2 Å². The summed E-state index contributed by atoms with van der Waals surface area (Å²) in [5.41, 5.74) is 18.8. The Labute approximate surface area is 312 Å². The van der Waals surface area contributed by atoms with Crippen LogP contribution in [0.5, 0.6) is 5.75 Å². The lowest BCUT2D eigenvalue weighted by atomic mass is 10.1. The van der Waals surface area contributed by atoms with Crippen molar-refractivity contribution < 1.29 is 28.9 Å². The van der Waals surface area contributed by atoms with Gasteiger partial charge in [-0.05, 0) is 55.5 Å². The average molecular weight is 743 g/mol. The Bertz CT molecular complexity index is 1570. The van der Waals surface area contributed by atoms with Crippen LogP contribution < -0.4 is 26.4 Å². The molecule has 1 amide bonds. The average Bonchev–Trinajstić information content (AvgIpc) is 3.15. The lowest BCUT2D eigenvalue weighted by molar-refractivity contribution is -0.384. The molecule has 0 radical (unpaired) electrons. The summed E-state index contributed by atoms with van der Waals surface area (Å²) in [6.45, 7) is 12.4. The minimum absolute atomic E-state index is 0.0373. The number of carbonyl (C=O) groups is 3. The number of aryl methyl sites for hydroxylation is 3. The van der Waals surface area contributed by atoms with Crippen LogP contribution in [0.15, 0.2) is 48.5 Å². The van der Waals surface area contributed by atoms with Gasteiger partial charge in [-0.25, -0.2) is 4.79 Å². The molecule has 4 N–H and O–H groups in total. The van der Waals surface area contributed by atoms with E-state index in [4.69, 9.17) is 21.2 Å². The highest BCUT2D eigenvalue weighted by Crippen LogP contribution is 2.35. The first-order valence-corrected chi connectivity index (χ1v) is 18.0. The van der Waals surface area contributed by atoms with Crippen LogP contribution in [-0.4, -0.2) is 42.3 Å². The summed E-state index contributed by atoms with van der Waals surface area (Å²) < 4.78 is 5.59. The minimum Gasteiger partial charge on any atom is -0.494 e. The topological polar surface area (TPSA) is 164 Å². The summed E-state index contributed by atoms with van der Waals surface area (Å²) >= 11 is 6.33. The molecule has 0 aliphatic carbocycles. The highest BCUT2D eigenvalue weighted by atomic mass is 35.5. The van der Waals surface area contributed by atoms with E-state index in [2.05, 4.69) is 42.5 Å². The van der Waals surface area contributed by atoms with Crippen LogP contribution in [0.1, 0.15) is 96.3 Å². The molecular weight excluding hydrogens is 688 g/mol. The number of benzene rings is 3. The molecule has 0 aliphatic rings. The molecule has 0 saturated heterocycles. The largest absolute Gasteiger partial charge is 0.494 e. The quantitative estimate of drug-likeness (QED) is 0.0591. The van der Waals surface area contributed by atoms with Crippen LogP contribution in [0.3, 0.4) is 0 Å². The fourth-order valence-electron chi connectivity index (χ4n) is 4.29. The first kappa shape index (κ1) is 45.0. The van der Waals surface area contributed by atoms with Crippen molar-refractivity contribution in [1.29, 1.82) is 0 Å². The summed E-state index contributed by atoms with van der Waals surface area (Å²) in [4.78, 5) is 47.8. The van der Waals surface area contributed by atoms with Gasteiger partial charge in [0.15, 0.2) is 0 Å². The number of halogens is 1. The lowest BCUT2D eigenvalue weighted by Gasteiger charge is -2.20. The van der Waals surface area contributed by atoms with Gasteiger partial charge in [0.05, 0.1) is 39.8 Å². The van der Waals surface area contributed by atoms with Crippen molar-refractivity contribution in [2.24, 2.45) is 0 Å². The third-order valence-electron chi connectivity index (χ3n) is 7.57. The van der Waals surface area contributed by atoms with E-state index >= 15 is 0 Å². The van der Waals surface area contributed by atoms with Gasteiger partial charge in [-0.2, -0.15) is 5.06 Å². The van der Waals surface area contributed by atoms with E-state index in [0.717, 1.165) is 46.8 Å². The minimum atomic E-state index is -0.449. The van der Waals surface area contributed by atoms with Crippen molar-refractivity contribution in [2.45, 2.75) is 99.3 Å². The number of nitrogens with zero attached hydrogens (tertiary/aromatic N) is 2. The third kappa shape index (κ3) is 15.9. The number of unbranched alkanes of at least 4 members (excludes halogenated alkanes) is 2. The van der Waals surface area contributed by atoms with Crippen molar-refractivity contribution in [3.05, 3.63) is 80.4 Å². The van der Waals surface area contributed by atoms with E-state index in [1.54, 1.807) is 7.11 Å². The number of hydroxylamine groups is 2. The van der Waals surface area contributed by atoms with Crippen LogP contribution >= 0.6 is 11.6 Å². The predicted octanol–water partition coefficient (Wildman–Crippen LogP) is 9.45. The van der Waals surface area contributed by atoms with Gasteiger partial charge in [0.1, 0.15) is 12.0 Å². The van der Waals surface area contributed by atoms with E-state index in [0.29, 0.717) is 36.3 Å². The highest BCUT2D eigenvalue weighted by molar-refractivity contribution is 6.33. The van der Waals surface area contributed by atoms with Gasteiger partial charge in [-0.1, -0.05) is 83.2 Å². The maximum Gasteiger partial charge on any atom is 0.332 e. The maximum atomic E-state index is 11.2. The standard InChI is InChI=1S/C24H28ClN5O3.C10H17NO4.C4H10/c1-5-16-12-22(28-29-24-17(6-2)11-19(30(31)32)13-20(24)25)23(33-4)14-21(16)27-26-18-9-7-15(3)8-10-18;1-3-4-7-10(14)15-11(2)9(13)6-5-8-12;1-3-4-2/h7-14,26-29H,5-6H2,1-4H3;8H,3-7H2,1-2H3;3-4H2,1-2H3. The normalized spacial score (nSPS) is 9.94. The molecule has 14 heteroatoms. The second-order valence-electron chi connectivity index (χ2n) is 11.7. The highest BCUT2D eigenvalue weighted by Gasteiger charge is 2.16. The predicted molar refractivity (Wildman–Crippen MR) is 210 cm³/mol. The fourth-order valence-corrected chi connectivity index (χ4v) is 4.57. The molecule has 3 aromatic carbocycles. The Morgan fingerprint density at radius 3 is 2.04 bits per heavy atom. The number of nitrogens with one attached hydrogen (secondary N) is 4. The number of hydrazine groups is 2. The molecule has 0 atom stereocenters. The molecule has 0 fully saturated rings. The SMILES string of the molecule is CCCC.CCCCC(=O)ON(C)C(=O)CCC=O.CCc1cc(NNc2c(Cl)cc([N+](=O)[O-])cc2CC)c(OC)cc1NNc1ccc(C)cc1. The van der Waals surface area contributed by atoms with Gasteiger partial charge >= 0.3 is 5.97 Å². The van der Waals surface area contributed by atoms with E-state index < -0.39 is 10.9 Å². The number of nitro groups is 1. The van der Waals surface area contributed by atoms with Crippen LogP contribution in [-0.2, 0) is 32.1 Å². The van der Waals surface area contributed by atoms with Gasteiger partial charge in [0.25, 0.3) is 11.6 Å². The monoisotopic (exact) mass is 742 g/mol. The zero-order valence-electron chi connectivity index (χ0n) is 31.7. The molecule has 0 spiro atoms. The van der Waals surface area contributed by atoms with Crippen molar-refractivity contribution in [3.8, 4) is 5.75 Å². The molecule has 3 rings (SSSR count). The Morgan fingerprint density at radius 2 is 1.50 bits per heavy atom. The Morgan fingerprint density at radius 1 is 0.865 bits per heavy atom. The molecule has 3 aromatic rings. The zero-order chi connectivity index (χ0) is 39.1. The smallest absolute Gasteiger partial charge is 0.332 e. The Kier molecular flexibility index (Phi) is 21.6. The van der Waals surface area contributed by atoms with Crippen molar-refractivity contribution in [1.82, 2.24) is 5.06 Å². The lowest BCUT2D eigenvalue weighted by Crippen LogP contribution is -2.29. The molecule has 0 aliphatic heterocycles. The van der Waals surface area contributed by atoms with Crippen LogP contribution in [0.2, 0.25) is 5.02 Å². The number of hydrogen-bond donors (Lipinski definition) is 4.